The van der Waals surface area contributed by atoms with Crippen molar-refractivity contribution in [3.8, 4) is 22.5 Å². The van der Waals surface area contributed by atoms with Crippen molar-refractivity contribution >= 4 is 22.6 Å². The van der Waals surface area contributed by atoms with Crippen LogP contribution in [0, 0.1) is 0 Å². The number of rotatable bonds is 6. The summed E-state index contributed by atoms with van der Waals surface area (Å²) in [4.78, 5) is 27.1. The molecule has 180 valence electrons. The number of carbonyl (C=O) groups is 1. The molecule has 0 saturated carbocycles. The van der Waals surface area contributed by atoms with Gasteiger partial charge < -0.3 is 20.0 Å². The van der Waals surface area contributed by atoms with E-state index in [4.69, 9.17) is 9.72 Å². The number of hydrogen-bond acceptors (Lipinski definition) is 4. The summed E-state index contributed by atoms with van der Waals surface area (Å²) in [6, 6.07) is 23.9. The van der Waals surface area contributed by atoms with E-state index in [2.05, 4.69) is 38.4 Å². The average Bonchev–Trinajstić information content (AvgIpc) is 3.56. The van der Waals surface area contributed by atoms with Crippen LogP contribution in [0.25, 0.3) is 33.5 Å². The van der Waals surface area contributed by atoms with Gasteiger partial charge in [-0.3, -0.25) is 9.69 Å². The normalized spacial score (nSPS) is 14.2. The zero-order valence-corrected chi connectivity index (χ0v) is 19.8. The van der Waals surface area contributed by atoms with Crippen molar-refractivity contribution in [3.05, 3.63) is 96.3 Å². The van der Waals surface area contributed by atoms with Crippen LogP contribution in [0.5, 0.6) is 0 Å². The molecule has 6 rings (SSSR count). The largest absolute Gasteiger partial charge is 0.379 e. The summed E-state index contributed by atoms with van der Waals surface area (Å²) in [5, 5.41) is 3.08. The summed E-state index contributed by atoms with van der Waals surface area (Å²) in [5.41, 5.74) is 7.09. The first kappa shape index (κ1) is 22.3. The fourth-order valence-electron chi connectivity index (χ4n) is 4.70. The first-order valence-electron chi connectivity index (χ1n) is 12.2. The molecule has 1 amide bonds. The third-order valence-corrected chi connectivity index (χ3v) is 6.56. The average molecular weight is 478 g/mol. The number of morpholine rings is 1. The van der Waals surface area contributed by atoms with Gasteiger partial charge in [0.2, 0.25) is 0 Å². The van der Waals surface area contributed by atoms with Gasteiger partial charge in [0.25, 0.3) is 5.91 Å². The Morgan fingerprint density at radius 2 is 1.75 bits per heavy atom. The topological polar surface area (TPSA) is 86.0 Å². The fraction of sp³-hybridized carbons (Fsp3) is 0.172. The maximum atomic E-state index is 13.3. The molecule has 0 aliphatic carbocycles. The molecule has 3 aromatic carbocycles. The van der Waals surface area contributed by atoms with Crippen molar-refractivity contribution in [1.82, 2.24) is 19.9 Å². The Hall–Kier alpha value is -4.20. The Balaban J connectivity index is 1.25. The second-order valence-electron chi connectivity index (χ2n) is 8.97. The molecule has 1 saturated heterocycles. The number of fused-ring (bicyclic) bond motifs is 1. The number of imidazole rings is 1. The lowest BCUT2D eigenvalue weighted by molar-refractivity contribution is 0.0342. The van der Waals surface area contributed by atoms with Gasteiger partial charge in [0.15, 0.2) is 0 Å². The second kappa shape index (κ2) is 9.81. The van der Waals surface area contributed by atoms with Gasteiger partial charge in [-0.15, -0.1) is 0 Å². The molecule has 7 nitrogen and oxygen atoms in total. The summed E-state index contributed by atoms with van der Waals surface area (Å²) in [5.74, 6) is 0.542. The minimum Gasteiger partial charge on any atom is -0.379 e. The molecular formula is C29H27N5O2. The van der Waals surface area contributed by atoms with E-state index in [0.717, 1.165) is 60.6 Å². The number of anilines is 1. The standard InChI is InChI=1S/C29H27N5O2/c35-29(23-9-5-4-8-22(23)21-6-2-1-3-7-21)33-27-18-30-17-24(27)28-31-25-11-10-20(16-26(25)32-28)19-34-12-14-36-15-13-34/h1-11,16-18,30H,12-15,19H2,(H,31,32)(H,33,35). The van der Waals surface area contributed by atoms with Gasteiger partial charge in [-0.1, -0.05) is 54.6 Å². The van der Waals surface area contributed by atoms with Gasteiger partial charge in [0, 0.05) is 37.6 Å². The van der Waals surface area contributed by atoms with Gasteiger partial charge in [-0.25, -0.2) is 4.98 Å². The number of hydrogen-bond donors (Lipinski definition) is 3. The van der Waals surface area contributed by atoms with Crippen LogP contribution < -0.4 is 5.32 Å². The number of benzene rings is 3. The molecule has 1 fully saturated rings. The molecule has 0 atom stereocenters. The predicted molar refractivity (Wildman–Crippen MR) is 142 cm³/mol. The number of carbonyl (C=O) groups excluding carboxylic acids is 1. The molecule has 3 N–H and O–H groups in total. The summed E-state index contributed by atoms with van der Waals surface area (Å²) in [6.45, 7) is 4.35. The van der Waals surface area contributed by atoms with Crippen molar-refractivity contribution in [3.63, 3.8) is 0 Å². The molecule has 0 bridgehead atoms. The van der Waals surface area contributed by atoms with E-state index in [1.54, 1.807) is 6.20 Å². The minimum atomic E-state index is -0.167. The molecule has 7 heteroatoms. The van der Waals surface area contributed by atoms with E-state index < -0.39 is 0 Å². The summed E-state index contributed by atoms with van der Waals surface area (Å²) in [7, 11) is 0. The van der Waals surface area contributed by atoms with E-state index in [1.165, 1.54) is 5.56 Å². The number of aromatic nitrogens is 3. The van der Waals surface area contributed by atoms with Crippen LogP contribution in [-0.4, -0.2) is 52.1 Å². The maximum absolute atomic E-state index is 13.3. The highest BCUT2D eigenvalue weighted by Crippen LogP contribution is 2.30. The smallest absolute Gasteiger partial charge is 0.256 e. The zero-order chi connectivity index (χ0) is 24.3. The van der Waals surface area contributed by atoms with Crippen molar-refractivity contribution in [1.29, 1.82) is 0 Å². The predicted octanol–water partition coefficient (Wildman–Crippen LogP) is 5.31. The Labute approximate surface area is 209 Å². The van der Waals surface area contributed by atoms with Crippen molar-refractivity contribution < 1.29 is 9.53 Å². The van der Waals surface area contributed by atoms with Gasteiger partial charge in [-0.05, 0) is 34.9 Å². The summed E-state index contributed by atoms with van der Waals surface area (Å²) >= 11 is 0. The SMILES string of the molecule is O=C(Nc1c[nH]cc1-c1nc2cc(CN3CCOCC3)ccc2[nH]1)c1ccccc1-c1ccccc1. The highest BCUT2D eigenvalue weighted by atomic mass is 16.5. The zero-order valence-electron chi connectivity index (χ0n) is 19.8. The first-order chi connectivity index (χ1) is 17.7. The Bertz CT molecular complexity index is 1500. The van der Waals surface area contributed by atoms with E-state index >= 15 is 0 Å². The number of nitrogens with zero attached hydrogens (tertiary/aromatic N) is 2. The second-order valence-corrected chi connectivity index (χ2v) is 8.97. The van der Waals surface area contributed by atoms with Crippen LogP contribution in [-0.2, 0) is 11.3 Å². The van der Waals surface area contributed by atoms with Gasteiger partial charge >= 0.3 is 0 Å². The quantitative estimate of drug-likeness (QED) is 0.309. The lowest BCUT2D eigenvalue weighted by atomic mass is 9.99. The van der Waals surface area contributed by atoms with Crippen molar-refractivity contribution in [2.75, 3.05) is 31.6 Å². The van der Waals surface area contributed by atoms with Crippen LogP contribution in [0.4, 0.5) is 5.69 Å². The monoisotopic (exact) mass is 477 g/mol. The van der Waals surface area contributed by atoms with Gasteiger partial charge in [0.1, 0.15) is 5.82 Å². The number of ether oxygens (including phenoxy) is 1. The van der Waals surface area contributed by atoms with Crippen molar-refractivity contribution in [2.24, 2.45) is 0 Å². The molecule has 3 heterocycles. The molecule has 0 unspecified atom stereocenters. The van der Waals surface area contributed by atoms with Gasteiger partial charge in [0.05, 0.1) is 35.5 Å². The fourth-order valence-corrected chi connectivity index (χ4v) is 4.70. The van der Waals surface area contributed by atoms with Crippen LogP contribution in [0.1, 0.15) is 15.9 Å². The number of nitrogens with one attached hydrogen (secondary N) is 3. The molecule has 36 heavy (non-hydrogen) atoms. The molecule has 0 radical (unpaired) electrons. The molecule has 5 aromatic rings. The van der Waals surface area contributed by atoms with Crippen LogP contribution in [0.2, 0.25) is 0 Å². The number of aromatic amines is 2. The first-order valence-corrected chi connectivity index (χ1v) is 12.2. The molecule has 1 aliphatic heterocycles. The molecular weight excluding hydrogens is 450 g/mol. The van der Waals surface area contributed by atoms with E-state index in [1.807, 2.05) is 60.8 Å². The highest BCUT2D eigenvalue weighted by Gasteiger charge is 2.17. The van der Waals surface area contributed by atoms with Crippen molar-refractivity contribution in [2.45, 2.75) is 6.54 Å². The number of amides is 1. The third-order valence-electron chi connectivity index (χ3n) is 6.56. The van der Waals surface area contributed by atoms with Crippen LogP contribution in [0.3, 0.4) is 0 Å². The molecule has 1 aliphatic rings. The maximum Gasteiger partial charge on any atom is 0.256 e. The minimum absolute atomic E-state index is 0.167. The van der Waals surface area contributed by atoms with Gasteiger partial charge in [-0.2, -0.15) is 0 Å². The number of H-pyrrole nitrogens is 2. The molecule has 0 spiro atoms. The Morgan fingerprint density at radius 1 is 0.944 bits per heavy atom. The lowest BCUT2D eigenvalue weighted by Gasteiger charge is -2.26. The van der Waals surface area contributed by atoms with E-state index in [0.29, 0.717) is 17.1 Å². The summed E-state index contributed by atoms with van der Waals surface area (Å²) in [6.07, 6.45) is 3.64. The Morgan fingerprint density at radius 3 is 2.61 bits per heavy atom. The lowest BCUT2D eigenvalue weighted by Crippen LogP contribution is -2.35. The molecule has 2 aromatic heterocycles. The van der Waals surface area contributed by atoms with E-state index in [-0.39, 0.29) is 5.91 Å². The van der Waals surface area contributed by atoms with Crippen LogP contribution in [0.15, 0.2) is 85.2 Å². The Kier molecular flexibility index (Phi) is 6.07. The third kappa shape index (κ3) is 4.54. The highest BCUT2D eigenvalue weighted by molar-refractivity contribution is 6.10. The van der Waals surface area contributed by atoms with E-state index in [9.17, 15) is 4.79 Å². The summed E-state index contributed by atoms with van der Waals surface area (Å²) < 4.78 is 5.46. The van der Waals surface area contributed by atoms with Crippen LogP contribution >= 0.6 is 0 Å².